The lowest BCUT2D eigenvalue weighted by Gasteiger charge is -2.12. The molecule has 0 aliphatic heterocycles. The highest BCUT2D eigenvalue weighted by Gasteiger charge is 2.24. The molecule has 0 bridgehead atoms. The quantitative estimate of drug-likeness (QED) is 0.889. The van der Waals surface area contributed by atoms with E-state index < -0.39 is 0 Å². The van der Waals surface area contributed by atoms with Gasteiger partial charge in [0.25, 0.3) is 0 Å². The van der Waals surface area contributed by atoms with Gasteiger partial charge in [-0.05, 0) is 61.9 Å². The third-order valence-corrected chi connectivity index (χ3v) is 3.94. The van der Waals surface area contributed by atoms with Crippen molar-refractivity contribution in [2.75, 3.05) is 6.54 Å². The zero-order valence-corrected chi connectivity index (χ0v) is 11.8. The van der Waals surface area contributed by atoms with Crippen molar-refractivity contribution in [3.63, 3.8) is 0 Å². The van der Waals surface area contributed by atoms with Gasteiger partial charge in [0.1, 0.15) is 5.82 Å². The highest BCUT2D eigenvalue weighted by Crippen LogP contribution is 2.29. The van der Waals surface area contributed by atoms with E-state index in [9.17, 15) is 4.39 Å². The Bertz CT molecular complexity index is 360. The van der Waals surface area contributed by atoms with Crippen molar-refractivity contribution in [1.29, 1.82) is 0 Å². The molecule has 17 heavy (non-hydrogen) atoms. The summed E-state index contributed by atoms with van der Waals surface area (Å²) in [6.07, 6.45) is 4.74. The number of hydrogen-bond donors (Lipinski definition) is 1. The van der Waals surface area contributed by atoms with Crippen molar-refractivity contribution in [2.24, 2.45) is 5.92 Å². The molecule has 0 saturated heterocycles. The Morgan fingerprint density at radius 3 is 2.88 bits per heavy atom. The molecule has 0 radical (unpaired) electrons. The van der Waals surface area contributed by atoms with Crippen LogP contribution in [0.15, 0.2) is 22.7 Å². The Hall–Kier alpha value is -0.410. The molecule has 0 amide bonds. The van der Waals surface area contributed by atoms with Gasteiger partial charge in [0.05, 0.1) is 0 Å². The van der Waals surface area contributed by atoms with Crippen LogP contribution in [-0.4, -0.2) is 12.6 Å². The maximum atomic E-state index is 13.3. The molecule has 2 unspecified atom stereocenters. The molecule has 94 valence electrons. The summed E-state index contributed by atoms with van der Waals surface area (Å²) < 4.78 is 14.1. The van der Waals surface area contributed by atoms with Crippen LogP contribution in [-0.2, 0) is 6.42 Å². The molecule has 1 fully saturated rings. The van der Waals surface area contributed by atoms with E-state index in [1.807, 2.05) is 6.07 Å². The fourth-order valence-electron chi connectivity index (χ4n) is 2.80. The Morgan fingerprint density at radius 2 is 2.18 bits per heavy atom. The summed E-state index contributed by atoms with van der Waals surface area (Å²) in [5.74, 6) is 0.559. The molecule has 2 atom stereocenters. The van der Waals surface area contributed by atoms with Gasteiger partial charge in [-0.1, -0.05) is 22.9 Å². The van der Waals surface area contributed by atoms with E-state index in [1.54, 1.807) is 6.07 Å². The van der Waals surface area contributed by atoms with Crippen LogP contribution in [0.2, 0.25) is 0 Å². The largest absolute Gasteiger partial charge is 0.314 e. The lowest BCUT2D eigenvalue weighted by atomic mass is 9.98. The first-order chi connectivity index (χ1) is 8.17. The molecule has 2 rings (SSSR count). The molecule has 0 aromatic heterocycles. The predicted molar refractivity (Wildman–Crippen MR) is 72.6 cm³/mol. The predicted octanol–water partition coefficient (Wildman–Crippen LogP) is 3.91. The fourth-order valence-corrected chi connectivity index (χ4v) is 3.31. The van der Waals surface area contributed by atoms with Crippen molar-refractivity contribution in [3.05, 3.63) is 34.1 Å². The lowest BCUT2D eigenvalue weighted by molar-refractivity contribution is 0.492. The van der Waals surface area contributed by atoms with Crippen LogP contribution in [0.1, 0.15) is 31.7 Å². The van der Waals surface area contributed by atoms with Crippen molar-refractivity contribution in [3.8, 4) is 0 Å². The summed E-state index contributed by atoms with van der Waals surface area (Å²) in [4.78, 5) is 0. The molecule has 1 aliphatic rings. The molecule has 1 aromatic carbocycles. The minimum Gasteiger partial charge on any atom is -0.314 e. The highest BCUT2D eigenvalue weighted by atomic mass is 79.9. The van der Waals surface area contributed by atoms with Gasteiger partial charge in [0, 0.05) is 10.5 Å². The van der Waals surface area contributed by atoms with E-state index in [0.717, 1.165) is 23.0 Å². The maximum Gasteiger partial charge on any atom is 0.124 e. The smallest absolute Gasteiger partial charge is 0.124 e. The average Bonchev–Trinajstić information content (AvgIpc) is 2.64. The van der Waals surface area contributed by atoms with Crippen molar-refractivity contribution in [2.45, 2.75) is 38.6 Å². The summed E-state index contributed by atoms with van der Waals surface area (Å²) in [6.45, 7) is 3.19. The molecule has 3 heteroatoms. The van der Waals surface area contributed by atoms with Crippen LogP contribution in [0.3, 0.4) is 0 Å². The van der Waals surface area contributed by atoms with Gasteiger partial charge in [-0.25, -0.2) is 4.39 Å². The van der Waals surface area contributed by atoms with Crippen LogP contribution < -0.4 is 5.32 Å². The van der Waals surface area contributed by atoms with Crippen LogP contribution in [0.25, 0.3) is 0 Å². The van der Waals surface area contributed by atoms with Gasteiger partial charge in [-0.2, -0.15) is 0 Å². The van der Waals surface area contributed by atoms with Gasteiger partial charge >= 0.3 is 0 Å². The number of benzene rings is 1. The number of nitrogens with one attached hydrogen (secondary N) is 1. The third-order valence-electron chi connectivity index (χ3n) is 3.48. The van der Waals surface area contributed by atoms with Crippen molar-refractivity contribution >= 4 is 15.9 Å². The normalized spacial score (nSPS) is 24.2. The Morgan fingerprint density at radius 1 is 1.35 bits per heavy atom. The Balaban J connectivity index is 1.93. The number of halogens is 2. The zero-order valence-electron chi connectivity index (χ0n) is 10.2. The molecule has 1 saturated carbocycles. The molecule has 1 N–H and O–H groups in total. The van der Waals surface area contributed by atoms with Crippen LogP contribution >= 0.6 is 15.9 Å². The average molecular weight is 300 g/mol. The minimum atomic E-state index is -0.143. The Labute approximate surface area is 111 Å². The van der Waals surface area contributed by atoms with Crippen LogP contribution in [0.5, 0.6) is 0 Å². The first-order valence-electron chi connectivity index (χ1n) is 6.35. The topological polar surface area (TPSA) is 12.0 Å². The van der Waals surface area contributed by atoms with Gasteiger partial charge in [-0.3, -0.25) is 0 Å². The first kappa shape index (κ1) is 13.0. The molecule has 1 aliphatic carbocycles. The molecule has 1 aromatic rings. The van der Waals surface area contributed by atoms with E-state index in [-0.39, 0.29) is 5.82 Å². The zero-order chi connectivity index (χ0) is 12.3. The molecule has 0 heterocycles. The summed E-state index contributed by atoms with van der Waals surface area (Å²) in [7, 11) is 0. The monoisotopic (exact) mass is 299 g/mol. The van der Waals surface area contributed by atoms with Gasteiger partial charge < -0.3 is 5.32 Å². The van der Waals surface area contributed by atoms with Gasteiger partial charge in [0.15, 0.2) is 0 Å². The SMILES string of the molecule is CCNC1CCC(Cc2cc(F)cc(Br)c2)C1. The van der Waals surface area contributed by atoms with Crippen LogP contribution in [0, 0.1) is 11.7 Å². The van der Waals surface area contributed by atoms with Crippen molar-refractivity contribution in [1.82, 2.24) is 5.32 Å². The maximum absolute atomic E-state index is 13.3. The van der Waals surface area contributed by atoms with E-state index in [1.165, 1.54) is 25.3 Å². The summed E-state index contributed by atoms with van der Waals surface area (Å²) in [5, 5.41) is 3.50. The Kier molecular flexibility index (Phi) is 4.57. The summed E-state index contributed by atoms with van der Waals surface area (Å²) in [6, 6.07) is 5.87. The van der Waals surface area contributed by atoms with E-state index in [4.69, 9.17) is 0 Å². The lowest BCUT2D eigenvalue weighted by Crippen LogP contribution is -2.25. The highest BCUT2D eigenvalue weighted by molar-refractivity contribution is 9.10. The molecule has 0 spiro atoms. The van der Waals surface area contributed by atoms with Crippen molar-refractivity contribution < 1.29 is 4.39 Å². The van der Waals surface area contributed by atoms with E-state index in [2.05, 4.69) is 28.2 Å². The van der Waals surface area contributed by atoms with Gasteiger partial charge in [0.2, 0.25) is 0 Å². The summed E-state index contributed by atoms with van der Waals surface area (Å²) in [5.41, 5.74) is 1.11. The standard InChI is InChI=1S/C14H19BrFN/c1-2-17-14-4-3-10(8-14)5-11-6-12(15)9-13(16)7-11/h6-7,9-10,14,17H,2-5,8H2,1H3. The first-order valence-corrected chi connectivity index (χ1v) is 7.15. The minimum absolute atomic E-state index is 0.143. The van der Waals surface area contributed by atoms with E-state index in [0.29, 0.717) is 12.0 Å². The third kappa shape index (κ3) is 3.78. The molecular formula is C14H19BrFN. The summed E-state index contributed by atoms with van der Waals surface area (Å²) >= 11 is 3.35. The molecule has 1 nitrogen and oxygen atoms in total. The second kappa shape index (κ2) is 5.96. The fraction of sp³-hybridized carbons (Fsp3) is 0.571. The molecular weight excluding hydrogens is 281 g/mol. The van der Waals surface area contributed by atoms with E-state index >= 15 is 0 Å². The second-order valence-electron chi connectivity index (χ2n) is 4.92. The van der Waals surface area contributed by atoms with Gasteiger partial charge in [-0.15, -0.1) is 0 Å². The number of hydrogen-bond acceptors (Lipinski definition) is 1. The number of rotatable bonds is 4. The van der Waals surface area contributed by atoms with Crippen LogP contribution in [0.4, 0.5) is 4.39 Å². The second-order valence-corrected chi connectivity index (χ2v) is 5.83.